The van der Waals surface area contributed by atoms with Crippen LogP contribution in [0.2, 0.25) is 0 Å². The SMILES string of the molecule is CCNC(=NCC1(N(C)C)CCOCC1)NCC1(c2ccccc2)CCCC1.I. The van der Waals surface area contributed by atoms with Crippen molar-refractivity contribution in [3.8, 4) is 0 Å². The van der Waals surface area contributed by atoms with Crippen molar-refractivity contribution in [2.24, 2.45) is 4.99 Å². The quantitative estimate of drug-likeness (QED) is 0.331. The van der Waals surface area contributed by atoms with Gasteiger partial charge < -0.3 is 20.3 Å². The lowest BCUT2D eigenvalue weighted by Crippen LogP contribution is -2.52. The first-order valence-electron chi connectivity index (χ1n) is 10.9. The molecule has 1 aliphatic heterocycles. The predicted octanol–water partition coefficient (Wildman–Crippen LogP) is 3.78. The smallest absolute Gasteiger partial charge is 0.191 e. The largest absolute Gasteiger partial charge is 0.381 e. The number of hydrogen-bond acceptors (Lipinski definition) is 3. The van der Waals surface area contributed by atoms with Crippen LogP contribution in [0.25, 0.3) is 0 Å². The molecule has 6 heteroatoms. The summed E-state index contributed by atoms with van der Waals surface area (Å²) in [6.45, 7) is 6.42. The van der Waals surface area contributed by atoms with E-state index < -0.39 is 0 Å². The van der Waals surface area contributed by atoms with E-state index in [4.69, 9.17) is 9.73 Å². The number of benzene rings is 1. The highest BCUT2D eigenvalue weighted by molar-refractivity contribution is 14.0. The molecule has 2 N–H and O–H groups in total. The fourth-order valence-electron chi connectivity index (χ4n) is 4.73. The molecule has 0 unspecified atom stereocenters. The van der Waals surface area contributed by atoms with Crippen LogP contribution >= 0.6 is 24.0 Å². The van der Waals surface area contributed by atoms with Gasteiger partial charge in [0.15, 0.2) is 5.96 Å². The van der Waals surface area contributed by atoms with Crippen molar-refractivity contribution in [2.75, 3.05) is 46.9 Å². The Morgan fingerprint density at radius 2 is 1.69 bits per heavy atom. The molecule has 1 aromatic rings. The topological polar surface area (TPSA) is 48.9 Å². The lowest BCUT2D eigenvalue weighted by Gasteiger charge is -2.41. The zero-order chi connectivity index (χ0) is 19.9. The molecular weight excluding hydrogens is 475 g/mol. The average molecular weight is 514 g/mol. The van der Waals surface area contributed by atoms with Crippen LogP contribution < -0.4 is 10.6 Å². The summed E-state index contributed by atoms with van der Waals surface area (Å²) in [6, 6.07) is 11.0. The van der Waals surface area contributed by atoms with Gasteiger partial charge in [-0.05, 0) is 52.3 Å². The van der Waals surface area contributed by atoms with Gasteiger partial charge in [0.1, 0.15) is 0 Å². The third kappa shape index (κ3) is 6.07. The van der Waals surface area contributed by atoms with Gasteiger partial charge in [0.05, 0.1) is 6.54 Å². The number of hydrogen-bond donors (Lipinski definition) is 2. The number of guanidine groups is 1. The molecule has 0 spiro atoms. The molecule has 29 heavy (non-hydrogen) atoms. The number of aliphatic imine (C=N–C) groups is 1. The summed E-state index contributed by atoms with van der Waals surface area (Å²) in [5, 5.41) is 7.15. The molecule has 1 saturated heterocycles. The van der Waals surface area contributed by atoms with Crippen molar-refractivity contribution in [2.45, 2.75) is 56.4 Å². The molecule has 164 valence electrons. The second-order valence-corrected chi connectivity index (χ2v) is 8.63. The lowest BCUT2D eigenvalue weighted by molar-refractivity contribution is -0.00255. The van der Waals surface area contributed by atoms with E-state index in [1.54, 1.807) is 0 Å². The summed E-state index contributed by atoms with van der Waals surface area (Å²) in [7, 11) is 4.34. The standard InChI is InChI=1S/C23H38N4O.HI/c1-4-24-21(26-19-23(27(2)3)14-16-28-17-15-23)25-18-22(12-8-9-13-22)20-10-6-5-7-11-20;/h5-7,10-11H,4,8-9,12-19H2,1-3H3,(H2,24,25,26);1H. The van der Waals surface area contributed by atoms with Gasteiger partial charge in [0.2, 0.25) is 0 Å². The summed E-state index contributed by atoms with van der Waals surface area (Å²) in [6.07, 6.45) is 7.21. The van der Waals surface area contributed by atoms with E-state index in [-0.39, 0.29) is 34.9 Å². The fourth-order valence-corrected chi connectivity index (χ4v) is 4.73. The Labute approximate surface area is 194 Å². The van der Waals surface area contributed by atoms with Crippen molar-refractivity contribution in [3.05, 3.63) is 35.9 Å². The maximum absolute atomic E-state index is 5.60. The molecule has 1 aromatic carbocycles. The molecule has 0 radical (unpaired) electrons. The summed E-state index contributed by atoms with van der Waals surface area (Å²) in [4.78, 5) is 7.35. The Hall–Kier alpha value is -0.860. The first kappa shape index (κ1) is 24.4. The molecular formula is C23H39IN4O. The van der Waals surface area contributed by atoms with E-state index in [9.17, 15) is 0 Å². The number of nitrogens with one attached hydrogen (secondary N) is 2. The number of rotatable bonds is 7. The molecule has 3 rings (SSSR count). The first-order chi connectivity index (χ1) is 13.6. The Morgan fingerprint density at radius 1 is 1.03 bits per heavy atom. The molecule has 1 heterocycles. The van der Waals surface area contributed by atoms with E-state index in [1.165, 1.54) is 31.2 Å². The second kappa shape index (κ2) is 11.5. The average Bonchev–Trinajstić information content (AvgIpc) is 3.21. The van der Waals surface area contributed by atoms with Crippen LogP contribution in [0.15, 0.2) is 35.3 Å². The minimum absolute atomic E-state index is 0. The minimum Gasteiger partial charge on any atom is -0.381 e. The Balaban J connectivity index is 0.00000300. The Morgan fingerprint density at radius 3 is 2.28 bits per heavy atom. The van der Waals surface area contributed by atoms with Gasteiger partial charge in [-0.15, -0.1) is 24.0 Å². The molecule has 0 amide bonds. The highest BCUT2D eigenvalue weighted by atomic mass is 127. The van der Waals surface area contributed by atoms with E-state index in [0.717, 1.165) is 51.6 Å². The zero-order valence-corrected chi connectivity index (χ0v) is 20.7. The van der Waals surface area contributed by atoms with Gasteiger partial charge in [-0.3, -0.25) is 4.99 Å². The van der Waals surface area contributed by atoms with Crippen LogP contribution in [0, 0.1) is 0 Å². The molecule has 1 aliphatic carbocycles. The summed E-state index contributed by atoms with van der Waals surface area (Å²) >= 11 is 0. The van der Waals surface area contributed by atoms with E-state index in [0.29, 0.717) is 0 Å². The Bertz CT molecular complexity index is 623. The van der Waals surface area contributed by atoms with Gasteiger partial charge in [-0.25, -0.2) is 0 Å². The van der Waals surface area contributed by atoms with Gasteiger partial charge in [-0.1, -0.05) is 43.2 Å². The summed E-state index contributed by atoms with van der Waals surface area (Å²) in [5.74, 6) is 0.942. The van der Waals surface area contributed by atoms with E-state index >= 15 is 0 Å². The molecule has 2 fully saturated rings. The molecule has 1 saturated carbocycles. The Kier molecular flexibility index (Phi) is 9.69. The van der Waals surface area contributed by atoms with Gasteiger partial charge in [0.25, 0.3) is 0 Å². The predicted molar refractivity (Wildman–Crippen MR) is 132 cm³/mol. The van der Waals surface area contributed by atoms with Gasteiger partial charge in [-0.2, -0.15) is 0 Å². The van der Waals surface area contributed by atoms with Crippen LogP contribution in [-0.2, 0) is 10.2 Å². The van der Waals surface area contributed by atoms with Crippen molar-refractivity contribution < 1.29 is 4.74 Å². The molecule has 5 nitrogen and oxygen atoms in total. The highest BCUT2D eigenvalue weighted by Gasteiger charge is 2.36. The number of ether oxygens (including phenoxy) is 1. The highest BCUT2D eigenvalue weighted by Crippen LogP contribution is 2.40. The zero-order valence-electron chi connectivity index (χ0n) is 18.4. The maximum Gasteiger partial charge on any atom is 0.191 e. The minimum atomic E-state index is 0. The fraction of sp³-hybridized carbons (Fsp3) is 0.696. The normalized spacial score (nSPS) is 20.9. The third-order valence-corrected chi connectivity index (χ3v) is 6.79. The monoisotopic (exact) mass is 514 g/mol. The first-order valence-corrected chi connectivity index (χ1v) is 10.9. The third-order valence-electron chi connectivity index (χ3n) is 6.79. The van der Waals surface area contributed by atoms with Crippen LogP contribution in [0.4, 0.5) is 0 Å². The number of likely N-dealkylation sites (N-methyl/N-ethyl adjacent to an activating group) is 1. The van der Waals surface area contributed by atoms with Crippen molar-refractivity contribution >= 4 is 29.9 Å². The molecule has 0 aromatic heterocycles. The molecule has 0 atom stereocenters. The van der Waals surface area contributed by atoms with Crippen LogP contribution in [0.3, 0.4) is 0 Å². The van der Waals surface area contributed by atoms with Gasteiger partial charge >= 0.3 is 0 Å². The van der Waals surface area contributed by atoms with Crippen molar-refractivity contribution in [1.82, 2.24) is 15.5 Å². The van der Waals surface area contributed by atoms with Crippen molar-refractivity contribution in [3.63, 3.8) is 0 Å². The van der Waals surface area contributed by atoms with Crippen LogP contribution in [0.1, 0.15) is 51.0 Å². The lowest BCUT2D eigenvalue weighted by atomic mass is 9.79. The van der Waals surface area contributed by atoms with Crippen LogP contribution in [0.5, 0.6) is 0 Å². The van der Waals surface area contributed by atoms with E-state index in [1.807, 2.05) is 0 Å². The van der Waals surface area contributed by atoms with Crippen molar-refractivity contribution in [1.29, 1.82) is 0 Å². The molecule has 0 bridgehead atoms. The van der Waals surface area contributed by atoms with Gasteiger partial charge in [0, 0.05) is 37.3 Å². The van der Waals surface area contributed by atoms with E-state index in [2.05, 4.69) is 66.9 Å². The summed E-state index contributed by atoms with van der Waals surface area (Å²) in [5.41, 5.74) is 1.80. The second-order valence-electron chi connectivity index (χ2n) is 8.63. The number of halogens is 1. The van der Waals surface area contributed by atoms with Crippen LogP contribution in [-0.4, -0.2) is 63.3 Å². The molecule has 2 aliphatic rings. The number of nitrogens with zero attached hydrogens (tertiary/aromatic N) is 2. The maximum atomic E-state index is 5.60. The summed E-state index contributed by atoms with van der Waals surface area (Å²) < 4.78 is 5.60.